The molecule has 3 N–H and O–H groups in total. The van der Waals surface area contributed by atoms with E-state index in [1.165, 1.54) is 7.11 Å². The molecule has 0 bridgehead atoms. The fraction of sp³-hybridized carbons (Fsp3) is 0.280. The number of phenols is 2. The van der Waals surface area contributed by atoms with E-state index in [0.29, 0.717) is 17.2 Å². The van der Waals surface area contributed by atoms with Gasteiger partial charge in [0.15, 0.2) is 11.5 Å². The third kappa shape index (κ3) is 2.98. The lowest BCUT2D eigenvalue weighted by molar-refractivity contribution is 0.159. The van der Waals surface area contributed by atoms with Gasteiger partial charge < -0.3 is 29.5 Å². The summed E-state index contributed by atoms with van der Waals surface area (Å²) in [4.78, 5) is 0. The quantitative estimate of drug-likeness (QED) is 0.589. The van der Waals surface area contributed by atoms with Gasteiger partial charge >= 0.3 is 0 Å². The average molecular weight is 420 g/mol. The molecule has 0 saturated heterocycles. The van der Waals surface area contributed by atoms with Crippen molar-refractivity contribution in [1.82, 2.24) is 0 Å². The van der Waals surface area contributed by atoms with Crippen LogP contribution in [-0.2, 0) is 12.8 Å². The first kappa shape index (κ1) is 19.6. The van der Waals surface area contributed by atoms with Crippen molar-refractivity contribution in [3.05, 3.63) is 64.7 Å². The minimum atomic E-state index is -0.438. The Labute approximate surface area is 180 Å². The van der Waals surface area contributed by atoms with Gasteiger partial charge in [-0.15, -0.1) is 0 Å². The van der Waals surface area contributed by atoms with Crippen LogP contribution in [0.15, 0.2) is 42.5 Å². The van der Waals surface area contributed by atoms with Crippen LogP contribution in [0, 0.1) is 0 Å². The Hall–Kier alpha value is -3.38. The van der Waals surface area contributed by atoms with Gasteiger partial charge in [0.1, 0.15) is 23.4 Å². The van der Waals surface area contributed by atoms with Crippen LogP contribution in [-0.4, -0.2) is 36.1 Å². The first-order valence-corrected chi connectivity index (χ1v) is 10.3. The van der Waals surface area contributed by atoms with Crippen molar-refractivity contribution >= 4 is 0 Å². The van der Waals surface area contributed by atoms with Gasteiger partial charge in [-0.2, -0.15) is 0 Å². The van der Waals surface area contributed by atoms with E-state index in [4.69, 9.17) is 14.2 Å². The summed E-state index contributed by atoms with van der Waals surface area (Å²) < 4.78 is 17.5. The van der Waals surface area contributed by atoms with Crippen molar-refractivity contribution < 1.29 is 29.5 Å². The third-order valence-electron chi connectivity index (χ3n) is 6.31. The molecule has 0 amide bonds. The van der Waals surface area contributed by atoms with E-state index in [9.17, 15) is 15.3 Å². The second kappa shape index (κ2) is 7.39. The minimum absolute atomic E-state index is 0.0511. The highest BCUT2D eigenvalue weighted by Crippen LogP contribution is 2.55. The number of aryl methyl sites for hydroxylation is 2. The number of hydrogen-bond donors (Lipinski definition) is 3. The Morgan fingerprint density at radius 2 is 1.77 bits per heavy atom. The van der Waals surface area contributed by atoms with Crippen molar-refractivity contribution in [2.75, 3.05) is 20.8 Å². The predicted octanol–water partition coefficient (Wildman–Crippen LogP) is 4.09. The molecule has 2 aliphatic rings. The van der Waals surface area contributed by atoms with Crippen molar-refractivity contribution in [1.29, 1.82) is 0 Å². The normalized spacial score (nSPS) is 18.5. The Balaban J connectivity index is 1.66. The zero-order valence-electron chi connectivity index (χ0n) is 17.4. The zero-order valence-corrected chi connectivity index (χ0v) is 17.4. The number of rotatable bonds is 4. The monoisotopic (exact) mass is 420 g/mol. The maximum absolute atomic E-state index is 10.3. The third-order valence-corrected chi connectivity index (χ3v) is 6.31. The molecule has 31 heavy (non-hydrogen) atoms. The fourth-order valence-electron chi connectivity index (χ4n) is 4.88. The Morgan fingerprint density at radius 3 is 2.52 bits per heavy atom. The first-order chi connectivity index (χ1) is 15.0. The molecule has 0 unspecified atom stereocenters. The molecule has 0 spiro atoms. The zero-order chi connectivity index (χ0) is 21.7. The number of methoxy groups -OCH3 is 2. The second-order valence-electron chi connectivity index (χ2n) is 7.96. The summed E-state index contributed by atoms with van der Waals surface area (Å²) in [6, 6.07) is 12.5. The van der Waals surface area contributed by atoms with Crippen LogP contribution in [0.4, 0.5) is 0 Å². The summed E-state index contributed by atoms with van der Waals surface area (Å²) >= 11 is 0. The SMILES string of the molecule is COc1cc([C@H]2Oc3cc4c(c(OC)c3[C@@H]2CO)-c2ccc(O)cc2CC4)ccc1O. The Bertz CT molecular complexity index is 1170. The Morgan fingerprint density at radius 1 is 0.968 bits per heavy atom. The Kier molecular flexibility index (Phi) is 4.67. The van der Waals surface area contributed by atoms with Crippen LogP contribution >= 0.6 is 0 Å². The van der Waals surface area contributed by atoms with E-state index >= 15 is 0 Å². The number of hydrogen-bond acceptors (Lipinski definition) is 6. The van der Waals surface area contributed by atoms with E-state index < -0.39 is 6.10 Å². The van der Waals surface area contributed by atoms with Crippen LogP contribution in [0.2, 0.25) is 0 Å². The van der Waals surface area contributed by atoms with Gasteiger partial charge in [0.25, 0.3) is 0 Å². The smallest absolute Gasteiger partial charge is 0.160 e. The van der Waals surface area contributed by atoms with E-state index in [0.717, 1.165) is 46.2 Å². The lowest BCUT2D eigenvalue weighted by Gasteiger charge is -2.25. The van der Waals surface area contributed by atoms with Gasteiger partial charge in [0.05, 0.1) is 26.7 Å². The van der Waals surface area contributed by atoms with Crippen molar-refractivity contribution in [2.24, 2.45) is 0 Å². The molecule has 0 aromatic heterocycles. The van der Waals surface area contributed by atoms with Crippen LogP contribution in [0.3, 0.4) is 0 Å². The number of aromatic hydroxyl groups is 2. The first-order valence-electron chi connectivity index (χ1n) is 10.3. The molecule has 6 heteroatoms. The number of fused-ring (bicyclic) bond motifs is 4. The maximum Gasteiger partial charge on any atom is 0.160 e. The summed E-state index contributed by atoms with van der Waals surface area (Å²) in [5.41, 5.74) is 5.86. The lowest BCUT2D eigenvalue weighted by Crippen LogP contribution is -2.14. The molecule has 0 saturated carbocycles. The number of aliphatic hydroxyl groups is 1. The summed E-state index contributed by atoms with van der Waals surface area (Å²) in [6.45, 7) is -0.127. The number of ether oxygens (including phenoxy) is 3. The molecule has 160 valence electrons. The highest BCUT2D eigenvalue weighted by molar-refractivity contribution is 5.82. The fourth-order valence-corrected chi connectivity index (χ4v) is 4.88. The van der Waals surface area contributed by atoms with Gasteiger partial charge in [-0.3, -0.25) is 0 Å². The predicted molar refractivity (Wildman–Crippen MR) is 115 cm³/mol. The van der Waals surface area contributed by atoms with Crippen LogP contribution in [0.1, 0.15) is 34.3 Å². The molecule has 3 aromatic rings. The summed E-state index contributed by atoms with van der Waals surface area (Å²) in [5.74, 6) is 1.72. The van der Waals surface area contributed by atoms with Gasteiger partial charge in [-0.1, -0.05) is 12.1 Å². The number of aliphatic hydroxyl groups excluding tert-OH is 1. The largest absolute Gasteiger partial charge is 0.508 e. The van der Waals surface area contributed by atoms with Gasteiger partial charge in [0.2, 0.25) is 0 Å². The molecule has 1 heterocycles. The maximum atomic E-state index is 10.3. The van der Waals surface area contributed by atoms with Gasteiger partial charge in [0, 0.05) is 11.1 Å². The molecule has 2 atom stereocenters. The van der Waals surface area contributed by atoms with E-state index in [1.54, 1.807) is 37.4 Å². The van der Waals surface area contributed by atoms with Crippen molar-refractivity contribution in [3.63, 3.8) is 0 Å². The molecule has 3 aromatic carbocycles. The molecule has 1 aliphatic carbocycles. The van der Waals surface area contributed by atoms with E-state index in [-0.39, 0.29) is 24.0 Å². The summed E-state index contributed by atoms with van der Waals surface area (Å²) in [5, 5.41) is 30.2. The van der Waals surface area contributed by atoms with Gasteiger partial charge in [-0.05, 0) is 65.4 Å². The molecular weight excluding hydrogens is 396 g/mol. The molecule has 5 rings (SSSR count). The van der Waals surface area contributed by atoms with E-state index in [2.05, 4.69) is 0 Å². The molecule has 6 nitrogen and oxygen atoms in total. The van der Waals surface area contributed by atoms with Crippen LogP contribution < -0.4 is 14.2 Å². The van der Waals surface area contributed by atoms with E-state index in [1.807, 2.05) is 12.1 Å². The highest BCUT2D eigenvalue weighted by atomic mass is 16.5. The lowest BCUT2D eigenvalue weighted by atomic mass is 9.81. The van der Waals surface area contributed by atoms with Crippen molar-refractivity contribution in [3.8, 4) is 39.9 Å². The number of benzene rings is 3. The second-order valence-corrected chi connectivity index (χ2v) is 7.96. The summed E-state index contributed by atoms with van der Waals surface area (Å²) in [7, 11) is 3.13. The minimum Gasteiger partial charge on any atom is -0.508 e. The van der Waals surface area contributed by atoms with Crippen molar-refractivity contribution in [2.45, 2.75) is 24.9 Å². The topological polar surface area (TPSA) is 88.4 Å². The molecule has 0 fully saturated rings. The summed E-state index contributed by atoms with van der Waals surface area (Å²) in [6.07, 6.45) is 1.19. The average Bonchev–Trinajstić information content (AvgIpc) is 3.15. The number of phenolic OH excluding ortho intramolecular Hbond substituents is 2. The highest BCUT2D eigenvalue weighted by Gasteiger charge is 2.40. The molecule has 0 radical (unpaired) electrons. The molecule has 1 aliphatic heterocycles. The van der Waals surface area contributed by atoms with Gasteiger partial charge in [-0.25, -0.2) is 0 Å². The van der Waals surface area contributed by atoms with Crippen LogP contribution in [0.5, 0.6) is 28.7 Å². The van der Waals surface area contributed by atoms with Crippen LogP contribution in [0.25, 0.3) is 11.1 Å². The molecular formula is C25H24O6. The standard InChI is InChI=1S/C25H24O6/c1-29-20-11-15(5-8-19(20)28)24-18(12-26)23-21(31-24)10-14-4-3-13-9-16(27)6-7-17(13)22(14)25(23)30-2/h5-11,18,24,26-28H,3-4,12H2,1-2H3/t18-,24+/m0/s1.